The van der Waals surface area contributed by atoms with Gasteiger partial charge in [0, 0.05) is 42.5 Å². The lowest BCUT2D eigenvalue weighted by Gasteiger charge is -2.34. The number of carbonyl (C=O) groups is 2. The Hall–Kier alpha value is -2.73. The molecule has 0 unspecified atom stereocenters. The lowest BCUT2D eigenvalue weighted by molar-refractivity contribution is -0.117. The number of aliphatic hydroxyl groups is 1. The molecule has 3 rings (SSSR count). The third-order valence-corrected chi connectivity index (χ3v) is 5.23. The van der Waals surface area contributed by atoms with Crippen LogP contribution in [0.4, 0.5) is 5.69 Å². The van der Waals surface area contributed by atoms with E-state index in [4.69, 9.17) is 16.7 Å². The molecule has 1 aliphatic heterocycles. The lowest BCUT2D eigenvalue weighted by atomic mass is 10.1. The van der Waals surface area contributed by atoms with E-state index < -0.39 is 6.61 Å². The summed E-state index contributed by atoms with van der Waals surface area (Å²) in [7, 11) is 2.10. The Morgan fingerprint density at radius 2 is 1.57 bits per heavy atom. The number of hydrogen-bond acceptors (Lipinski definition) is 5. The van der Waals surface area contributed by atoms with Crippen molar-refractivity contribution in [3.63, 3.8) is 0 Å². The van der Waals surface area contributed by atoms with Crippen LogP contribution >= 0.6 is 11.6 Å². The Morgan fingerprint density at radius 1 is 0.967 bits per heavy atom. The van der Waals surface area contributed by atoms with Crippen molar-refractivity contribution in [3.05, 3.63) is 76.3 Å². The van der Waals surface area contributed by atoms with Crippen LogP contribution in [0.25, 0.3) is 12.2 Å². The van der Waals surface area contributed by atoms with Gasteiger partial charge in [-0.05, 0) is 48.5 Å². The number of aliphatic hydroxyl groups excluding tert-OH is 1. The molecular formula is C24H25ClN2O3. The molecule has 1 heterocycles. The van der Waals surface area contributed by atoms with Gasteiger partial charge in [0.2, 0.25) is 0 Å². The molecule has 0 spiro atoms. The molecule has 1 aliphatic rings. The number of ketones is 2. The van der Waals surface area contributed by atoms with Gasteiger partial charge in [0.15, 0.2) is 11.6 Å². The van der Waals surface area contributed by atoms with E-state index in [1.54, 1.807) is 24.3 Å². The third-order valence-electron chi connectivity index (χ3n) is 5.02. The summed E-state index contributed by atoms with van der Waals surface area (Å²) in [6, 6.07) is 12.9. The van der Waals surface area contributed by atoms with Crippen LogP contribution in [0.1, 0.15) is 21.5 Å². The van der Waals surface area contributed by atoms with Crippen molar-refractivity contribution in [2.75, 3.05) is 44.7 Å². The van der Waals surface area contributed by atoms with E-state index in [9.17, 15) is 9.59 Å². The maximum absolute atomic E-state index is 12.7. The van der Waals surface area contributed by atoms with Gasteiger partial charge in [-0.2, -0.15) is 0 Å². The molecule has 0 aromatic heterocycles. The van der Waals surface area contributed by atoms with Gasteiger partial charge < -0.3 is 14.9 Å². The molecule has 0 amide bonds. The highest BCUT2D eigenvalue weighted by molar-refractivity contribution is 6.31. The number of hydrogen-bond donors (Lipinski definition) is 1. The molecule has 0 radical (unpaired) electrons. The molecule has 30 heavy (non-hydrogen) atoms. The highest BCUT2D eigenvalue weighted by Crippen LogP contribution is 2.24. The Labute approximate surface area is 181 Å². The topological polar surface area (TPSA) is 60.9 Å². The van der Waals surface area contributed by atoms with Crippen molar-refractivity contribution in [1.82, 2.24) is 4.90 Å². The van der Waals surface area contributed by atoms with Crippen molar-refractivity contribution in [2.24, 2.45) is 0 Å². The number of allylic oxidation sites excluding steroid dienone is 1. The number of halogens is 1. The Bertz CT molecular complexity index is 959. The smallest absolute Gasteiger partial charge is 0.185 e. The van der Waals surface area contributed by atoms with E-state index in [1.165, 1.54) is 6.08 Å². The molecule has 0 aliphatic carbocycles. The first-order valence-electron chi connectivity index (χ1n) is 9.83. The number of piperazine rings is 1. The molecule has 1 saturated heterocycles. The average Bonchev–Trinajstić information content (AvgIpc) is 2.76. The van der Waals surface area contributed by atoms with Crippen molar-refractivity contribution in [1.29, 1.82) is 0 Å². The summed E-state index contributed by atoms with van der Waals surface area (Å²) in [4.78, 5) is 28.3. The number of anilines is 1. The van der Waals surface area contributed by atoms with Crippen LogP contribution in [0.15, 0.2) is 54.6 Å². The number of rotatable bonds is 7. The van der Waals surface area contributed by atoms with Gasteiger partial charge in [-0.3, -0.25) is 9.59 Å². The highest BCUT2D eigenvalue weighted by atomic mass is 35.5. The highest BCUT2D eigenvalue weighted by Gasteiger charge is 2.16. The van der Waals surface area contributed by atoms with E-state index in [0.29, 0.717) is 10.6 Å². The first-order valence-corrected chi connectivity index (χ1v) is 10.2. The number of benzene rings is 2. The first kappa shape index (κ1) is 22.0. The van der Waals surface area contributed by atoms with Crippen molar-refractivity contribution >= 4 is 41.0 Å². The summed E-state index contributed by atoms with van der Waals surface area (Å²) >= 11 is 6.28. The van der Waals surface area contributed by atoms with Crippen LogP contribution in [-0.4, -0.2) is 61.4 Å². The molecule has 5 nitrogen and oxygen atoms in total. The van der Waals surface area contributed by atoms with Gasteiger partial charge >= 0.3 is 0 Å². The van der Waals surface area contributed by atoms with E-state index in [1.807, 2.05) is 36.4 Å². The summed E-state index contributed by atoms with van der Waals surface area (Å²) in [5.74, 6) is -0.451. The molecule has 1 N–H and O–H groups in total. The summed E-state index contributed by atoms with van der Waals surface area (Å²) in [5, 5.41) is 9.29. The zero-order chi connectivity index (χ0) is 21.5. The molecular weight excluding hydrogens is 400 g/mol. The summed E-state index contributed by atoms with van der Waals surface area (Å²) < 4.78 is 0. The van der Waals surface area contributed by atoms with Crippen LogP contribution < -0.4 is 4.90 Å². The SMILES string of the molecule is CN1CCN(c2cc(Cl)cc(C(=O)/C=C/c3ccc(/C=C/C(=O)CO)cc3)c2)CC1. The normalized spacial score (nSPS) is 15.2. The maximum atomic E-state index is 12.7. The Kier molecular flexibility index (Phi) is 7.57. The number of carbonyl (C=O) groups excluding carboxylic acids is 2. The van der Waals surface area contributed by atoms with Gasteiger partial charge in [0.1, 0.15) is 6.61 Å². The minimum atomic E-state index is -0.501. The predicted molar refractivity (Wildman–Crippen MR) is 122 cm³/mol. The number of nitrogens with zero attached hydrogens (tertiary/aromatic N) is 2. The van der Waals surface area contributed by atoms with Gasteiger partial charge in [-0.1, -0.05) is 48.0 Å². The van der Waals surface area contributed by atoms with E-state index in [-0.39, 0.29) is 11.6 Å². The molecule has 2 aromatic carbocycles. The quantitative estimate of drug-likeness (QED) is 0.544. The first-order chi connectivity index (χ1) is 14.4. The fourth-order valence-corrected chi connectivity index (χ4v) is 3.42. The largest absolute Gasteiger partial charge is 0.388 e. The van der Waals surface area contributed by atoms with E-state index >= 15 is 0 Å². The second kappa shape index (κ2) is 10.3. The summed E-state index contributed by atoms with van der Waals surface area (Å²) in [6.07, 6.45) is 6.28. The zero-order valence-electron chi connectivity index (χ0n) is 16.9. The van der Waals surface area contributed by atoms with Crippen LogP contribution in [0.5, 0.6) is 0 Å². The average molecular weight is 425 g/mol. The monoisotopic (exact) mass is 424 g/mol. The van der Waals surface area contributed by atoms with Crippen LogP contribution in [-0.2, 0) is 4.79 Å². The second-order valence-electron chi connectivity index (χ2n) is 7.31. The third kappa shape index (κ3) is 6.13. The van der Waals surface area contributed by atoms with Crippen molar-refractivity contribution in [3.8, 4) is 0 Å². The molecule has 156 valence electrons. The predicted octanol–water partition coefficient (Wildman–Crippen LogP) is 3.56. The second-order valence-corrected chi connectivity index (χ2v) is 7.75. The van der Waals surface area contributed by atoms with Gasteiger partial charge in [-0.25, -0.2) is 0 Å². The minimum absolute atomic E-state index is 0.106. The number of likely N-dealkylation sites (N-methyl/N-ethyl adjacent to an activating group) is 1. The summed E-state index contributed by atoms with van der Waals surface area (Å²) in [5.41, 5.74) is 3.25. The van der Waals surface area contributed by atoms with Crippen molar-refractivity contribution < 1.29 is 14.7 Å². The Balaban J connectivity index is 1.69. The van der Waals surface area contributed by atoms with Gasteiger partial charge in [0.05, 0.1) is 0 Å². The summed E-state index contributed by atoms with van der Waals surface area (Å²) in [6.45, 7) is 3.28. The fraction of sp³-hybridized carbons (Fsp3) is 0.250. The zero-order valence-corrected chi connectivity index (χ0v) is 17.7. The fourth-order valence-electron chi connectivity index (χ4n) is 3.19. The molecule has 6 heteroatoms. The van der Waals surface area contributed by atoms with Gasteiger partial charge in [-0.15, -0.1) is 0 Å². The maximum Gasteiger partial charge on any atom is 0.185 e. The lowest BCUT2D eigenvalue weighted by Crippen LogP contribution is -2.44. The van der Waals surface area contributed by atoms with Crippen LogP contribution in [0.2, 0.25) is 5.02 Å². The van der Waals surface area contributed by atoms with Crippen LogP contribution in [0, 0.1) is 0 Å². The Morgan fingerprint density at radius 3 is 2.17 bits per heavy atom. The minimum Gasteiger partial charge on any atom is -0.388 e. The standard InChI is InChI=1S/C24H25ClN2O3/c1-26-10-12-27(13-11-26)22-15-20(14-21(25)16-22)24(30)9-7-19-4-2-18(3-5-19)6-8-23(29)17-28/h2-9,14-16,28H,10-13,17H2,1H3/b8-6+,9-7+. The van der Waals surface area contributed by atoms with E-state index in [2.05, 4.69) is 16.8 Å². The molecule has 0 saturated carbocycles. The molecule has 1 fully saturated rings. The van der Waals surface area contributed by atoms with E-state index in [0.717, 1.165) is 43.0 Å². The van der Waals surface area contributed by atoms with Gasteiger partial charge in [0.25, 0.3) is 0 Å². The molecule has 2 aromatic rings. The van der Waals surface area contributed by atoms with Crippen LogP contribution in [0.3, 0.4) is 0 Å². The molecule has 0 bridgehead atoms. The molecule has 0 atom stereocenters. The van der Waals surface area contributed by atoms with Crippen molar-refractivity contribution in [2.45, 2.75) is 0 Å².